The minimum atomic E-state index is -0.143. The second kappa shape index (κ2) is 6.80. The quantitative estimate of drug-likeness (QED) is 0.526. The first-order valence-corrected chi connectivity index (χ1v) is 9.03. The smallest absolute Gasteiger partial charge is 0.272 e. The third-order valence-corrected chi connectivity index (χ3v) is 4.68. The van der Waals surface area contributed by atoms with E-state index < -0.39 is 0 Å². The van der Waals surface area contributed by atoms with Crippen molar-refractivity contribution in [3.05, 3.63) is 88.8 Å². The summed E-state index contributed by atoms with van der Waals surface area (Å²) < 4.78 is 7.78. The van der Waals surface area contributed by atoms with Crippen LogP contribution in [0.4, 0.5) is 5.69 Å². The Labute approximate surface area is 158 Å². The van der Waals surface area contributed by atoms with Crippen LogP contribution in [0, 0.1) is 20.8 Å². The number of carbonyl (C=O) groups excluding carboxylic acids is 1. The summed E-state index contributed by atoms with van der Waals surface area (Å²) in [6.45, 7) is 6.63. The van der Waals surface area contributed by atoms with Crippen molar-refractivity contribution in [2.75, 3.05) is 5.32 Å². The van der Waals surface area contributed by atoms with Crippen LogP contribution in [0.2, 0.25) is 0 Å². The molecule has 4 nitrogen and oxygen atoms in total. The number of carbonyl (C=O) groups is 1. The highest BCUT2D eigenvalue weighted by Gasteiger charge is 2.19. The van der Waals surface area contributed by atoms with Gasteiger partial charge in [0, 0.05) is 24.4 Å². The van der Waals surface area contributed by atoms with E-state index in [4.69, 9.17) is 4.42 Å². The summed E-state index contributed by atoms with van der Waals surface area (Å²) in [5.74, 6) is 0.694. The molecule has 136 valence electrons. The second-order valence-electron chi connectivity index (χ2n) is 7.03. The van der Waals surface area contributed by atoms with Crippen LogP contribution in [0.5, 0.6) is 0 Å². The molecule has 0 aliphatic heterocycles. The van der Waals surface area contributed by atoms with Crippen molar-refractivity contribution >= 4 is 22.7 Å². The molecule has 0 fully saturated rings. The number of hydrogen-bond donors (Lipinski definition) is 1. The largest absolute Gasteiger partial charge is 0.460 e. The highest BCUT2D eigenvalue weighted by Crippen LogP contribution is 2.26. The summed E-state index contributed by atoms with van der Waals surface area (Å²) in [6, 6.07) is 19.9. The van der Waals surface area contributed by atoms with E-state index in [1.807, 2.05) is 60.9 Å². The molecule has 2 heterocycles. The van der Waals surface area contributed by atoms with Crippen LogP contribution in [-0.2, 0) is 6.54 Å². The predicted octanol–water partition coefficient (Wildman–Crippen LogP) is 5.46. The summed E-state index contributed by atoms with van der Waals surface area (Å²) >= 11 is 0. The number of anilines is 1. The maximum absolute atomic E-state index is 13.0. The Morgan fingerprint density at radius 1 is 0.963 bits per heavy atom. The highest BCUT2D eigenvalue weighted by atomic mass is 16.3. The van der Waals surface area contributed by atoms with Gasteiger partial charge in [0.05, 0.1) is 5.52 Å². The molecular weight excluding hydrogens is 336 g/mol. The maximum Gasteiger partial charge on any atom is 0.272 e. The fourth-order valence-corrected chi connectivity index (χ4v) is 3.35. The summed E-state index contributed by atoms with van der Waals surface area (Å²) in [6.07, 6.45) is 0. The van der Waals surface area contributed by atoms with Crippen molar-refractivity contribution in [1.29, 1.82) is 0 Å². The molecule has 0 atom stereocenters. The van der Waals surface area contributed by atoms with Gasteiger partial charge in [-0.2, -0.15) is 0 Å². The van der Waals surface area contributed by atoms with E-state index in [0.29, 0.717) is 12.2 Å². The van der Waals surface area contributed by atoms with E-state index in [0.717, 1.165) is 33.7 Å². The lowest BCUT2D eigenvalue weighted by Gasteiger charge is -2.11. The van der Waals surface area contributed by atoms with Crippen LogP contribution in [0.25, 0.3) is 11.1 Å². The first kappa shape index (κ1) is 17.2. The Hall–Kier alpha value is -3.27. The Morgan fingerprint density at radius 3 is 2.48 bits per heavy atom. The molecule has 0 bridgehead atoms. The normalized spacial score (nSPS) is 11.1. The highest BCUT2D eigenvalue weighted by molar-refractivity contribution is 6.05. The van der Waals surface area contributed by atoms with Gasteiger partial charge in [-0.3, -0.25) is 4.79 Å². The average Bonchev–Trinajstić information content (AvgIpc) is 3.14. The van der Waals surface area contributed by atoms with Crippen LogP contribution in [-0.4, -0.2) is 10.5 Å². The van der Waals surface area contributed by atoms with Crippen LogP contribution in [0.3, 0.4) is 0 Å². The number of aryl methyl sites for hydroxylation is 3. The van der Waals surface area contributed by atoms with Gasteiger partial charge in [0.2, 0.25) is 0 Å². The lowest BCUT2D eigenvalue weighted by Crippen LogP contribution is -2.17. The van der Waals surface area contributed by atoms with Gasteiger partial charge in [-0.25, -0.2) is 0 Å². The molecule has 0 saturated heterocycles. The van der Waals surface area contributed by atoms with Crippen LogP contribution in [0.15, 0.2) is 65.1 Å². The van der Waals surface area contributed by atoms with E-state index >= 15 is 0 Å². The minimum Gasteiger partial charge on any atom is -0.460 e. The first-order valence-electron chi connectivity index (χ1n) is 9.03. The molecule has 0 aliphatic carbocycles. The van der Waals surface area contributed by atoms with Gasteiger partial charge < -0.3 is 14.3 Å². The number of nitrogens with zero attached hydrogens (tertiary/aromatic N) is 1. The molecule has 1 N–H and O–H groups in total. The Balaban J connectivity index is 1.72. The topological polar surface area (TPSA) is 47.2 Å². The summed E-state index contributed by atoms with van der Waals surface area (Å²) in [5, 5.41) is 2.99. The molecule has 0 radical (unpaired) electrons. The molecule has 2 aromatic carbocycles. The lowest BCUT2D eigenvalue weighted by atomic mass is 10.1. The molecular formula is C23H22N2O2. The SMILES string of the molecule is Cc1ccc(NC(=O)c2cc3oc(C)cc3n2Cc2cccc(C)c2)cc1. The monoisotopic (exact) mass is 358 g/mol. The van der Waals surface area contributed by atoms with E-state index in [1.165, 1.54) is 5.56 Å². The molecule has 0 unspecified atom stereocenters. The molecule has 0 aliphatic rings. The van der Waals surface area contributed by atoms with Crippen molar-refractivity contribution in [3.63, 3.8) is 0 Å². The summed E-state index contributed by atoms with van der Waals surface area (Å²) in [5.41, 5.74) is 6.54. The molecule has 2 aromatic heterocycles. The third kappa shape index (κ3) is 3.51. The zero-order valence-electron chi connectivity index (χ0n) is 15.7. The van der Waals surface area contributed by atoms with Crippen LogP contribution < -0.4 is 5.32 Å². The molecule has 4 rings (SSSR count). The number of amides is 1. The maximum atomic E-state index is 13.0. The van der Waals surface area contributed by atoms with Crippen molar-refractivity contribution in [2.45, 2.75) is 27.3 Å². The van der Waals surface area contributed by atoms with E-state index in [1.54, 1.807) is 0 Å². The van der Waals surface area contributed by atoms with Crippen molar-refractivity contribution in [1.82, 2.24) is 4.57 Å². The zero-order chi connectivity index (χ0) is 19.0. The van der Waals surface area contributed by atoms with Gasteiger partial charge in [0.1, 0.15) is 11.5 Å². The third-order valence-electron chi connectivity index (χ3n) is 4.68. The predicted molar refractivity (Wildman–Crippen MR) is 108 cm³/mol. The summed E-state index contributed by atoms with van der Waals surface area (Å²) in [7, 11) is 0. The van der Waals surface area contributed by atoms with Crippen LogP contribution >= 0.6 is 0 Å². The number of nitrogens with one attached hydrogen (secondary N) is 1. The summed E-state index contributed by atoms with van der Waals surface area (Å²) in [4.78, 5) is 13.0. The van der Waals surface area contributed by atoms with E-state index in [-0.39, 0.29) is 5.91 Å². The molecule has 27 heavy (non-hydrogen) atoms. The number of rotatable bonds is 4. The van der Waals surface area contributed by atoms with E-state index in [2.05, 4.69) is 30.4 Å². The van der Waals surface area contributed by atoms with Crippen LogP contribution in [0.1, 0.15) is 32.9 Å². The lowest BCUT2D eigenvalue weighted by molar-refractivity contribution is 0.101. The van der Waals surface area contributed by atoms with Gasteiger partial charge in [0.15, 0.2) is 5.58 Å². The van der Waals surface area contributed by atoms with Gasteiger partial charge in [-0.15, -0.1) is 0 Å². The fraction of sp³-hybridized carbons (Fsp3) is 0.174. The van der Waals surface area contributed by atoms with Crippen molar-refractivity contribution in [3.8, 4) is 0 Å². The van der Waals surface area contributed by atoms with Gasteiger partial charge in [-0.05, 0) is 38.5 Å². The standard InChI is InChI=1S/C23H22N2O2/c1-15-7-9-19(10-8-15)24-23(26)21-13-22-20(12-17(3)27-22)25(21)14-18-6-4-5-16(2)11-18/h4-13H,14H2,1-3H3,(H,24,26). The van der Waals surface area contributed by atoms with Gasteiger partial charge >= 0.3 is 0 Å². The number of aromatic nitrogens is 1. The average molecular weight is 358 g/mol. The number of fused-ring (bicyclic) bond motifs is 1. The van der Waals surface area contributed by atoms with E-state index in [9.17, 15) is 4.79 Å². The molecule has 0 saturated carbocycles. The Bertz CT molecular complexity index is 1120. The zero-order valence-corrected chi connectivity index (χ0v) is 15.7. The number of furan rings is 1. The second-order valence-corrected chi connectivity index (χ2v) is 7.03. The Kier molecular flexibility index (Phi) is 4.32. The Morgan fingerprint density at radius 2 is 1.74 bits per heavy atom. The molecule has 4 aromatic rings. The first-order chi connectivity index (χ1) is 13.0. The molecule has 4 heteroatoms. The molecule has 0 spiro atoms. The van der Waals surface area contributed by atoms with Crippen molar-refractivity contribution < 1.29 is 9.21 Å². The minimum absolute atomic E-state index is 0.143. The molecule has 1 amide bonds. The number of benzene rings is 2. The number of hydrogen-bond acceptors (Lipinski definition) is 2. The van der Waals surface area contributed by atoms with Gasteiger partial charge in [-0.1, -0.05) is 47.5 Å². The fourth-order valence-electron chi connectivity index (χ4n) is 3.35. The van der Waals surface area contributed by atoms with Gasteiger partial charge in [0.25, 0.3) is 5.91 Å². The van der Waals surface area contributed by atoms with Crippen molar-refractivity contribution in [2.24, 2.45) is 0 Å².